The van der Waals surface area contributed by atoms with Crippen molar-refractivity contribution in [3.05, 3.63) is 47.1 Å². The van der Waals surface area contributed by atoms with Crippen molar-refractivity contribution >= 4 is 23.3 Å². The summed E-state index contributed by atoms with van der Waals surface area (Å²) in [6, 6.07) is 3.94. The third-order valence-electron chi connectivity index (χ3n) is 6.77. The summed E-state index contributed by atoms with van der Waals surface area (Å²) in [4.78, 5) is 17.5. The number of fused-ring (bicyclic) bond motifs is 1. The number of carbonyl (C=O) groups is 1. The van der Waals surface area contributed by atoms with Gasteiger partial charge in [-0.1, -0.05) is 31.9 Å². The van der Waals surface area contributed by atoms with Crippen LogP contribution in [0.1, 0.15) is 56.8 Å². The summed E-state index contributed by atoms with van der Waals surface area (Å²) >= 11 is 6.51. The molecule has 4 heterocycles. The van der Waals surface area contributed by atoms with Crippen LogP contribution in [0.25, 0.3) is 11.1 Å². The Balaban J connectivity index is 1.33. The second-order valence-electron chi connectivity index (χ2n) is 10.0. The predicted molar refractivity (Wildman–Crippen MR) is 124 cm³/mol. The van der Waals surface area contributed by atoms with Crippen LogP contribution in [-0.2, 0) is 24.8 Å². The Morgan fingerprint density at radius 2 is 2.09 bits per heavy atom. The van der Waals surface area contributed by atoms with Gasteiger partial charge < -0.3 is 5.32 Å². The molecule has 0 spiro atoms. The van der Waals surface area contributed by atoms with Crippen LogP contribution in [0.3, 0.4) is 0 Å². The van der Waals surface area contributed by atoms with Crippen LogP contribution >= 0.6 is 11.6 Å². The highest BCUT2D eigenvalue weighted by Crippen LogP contribution is 2.40. The molecule has 0 saturated heterocycles. The molecule has 2 atom stereocenters. The summed E-state index contributed by atoms with van der Waals surface area (Å²) < 4.78 is 3.89. The Morgan fingerprint density at radius 1 is 1.25 bits per heavy atom. The third kappa shape index (κ3) is 4.06. The molecule has 0 aromatic carbocycles. The fourth-order valence-electron chi connectivity index (χ4n) is 5.16. The normalized spacial score (nSPS) is 22.0. The van der Waals surface area contributed by atoms with Gasteiger partial charge in [-0.15, -0.1) is 0 Å². The molecule has 1 unspecified atom stereocenters. The Morgan fingerprint density at radius 3 is 2.88 bits per heavy atom. The molecular weight excluding hydrogens is 424 g/mol. The summed E-state index contributed by atoms with van der Waals surface area (Å²) in [5.41, 5.74) is 4.33. The van der Waals surface area contributed by atoms with Gasteiger partial charge in [-0.25, -0.2) is 4.98 Å². The lowest BCUT2D eigenvalue weighted by Crippen LogP contribution is -2.28. The Labute approximate surface area is 193 Å². The molecule has 1 aliphatic carbocycles. The molecule has 1 amide bonds. The van der Waals surface area contributed by atoms with Crippen molar-refractivity contribution in [1.82, 2.24) is 24.5 Å². The Kier molecular flexibility index (Phi) is 5.32. The van der Waals surface area contributed by atoms with Crippen molar-refractivity contribution in [2.24, 2.45) is 18.4 Å². The van der Waals surface area contributed by atoms with Gasteiger partial charge in [0.25, 0.3) is 0 Å². The molecule has 3 aromatic rings. The number of amides is 1. The van der Waals surface area contributed by atoms with E-state index in [-0.39, 0.29) is 17.2 Å². The van der Waals surface area contributed by atoms with Gasteiger partial charge >= 0.3 is 0 Å². The molecule has 5 rings (SSSR count). The summed E-state index contributed by atoms with van der Waals surface area (Å²) in [6.45, 7) is 5.38. The number of halogens is 1. The molecule has 1 aliphatic heterocycles. The van der Waals surface area contributed by atoms with E-state index in [1.807, 2.05) is 30.2 Å². The third-order valence-corrected chi connectivity index (χ3v) is 7.07. The van der Waals surface area contributed by atoms with Gasteiger partial charge in [0.15, 0.2) is 0 Å². The Hall–Kier alpha value is -2.67. The average molecular weight is 453 g/mol. The first kappa shape index (κ1) is 21.2. The van der Waals surface area contributed by atoms with Crippen molar-refractivity contribution in [2.75, 3.05) is 5.32 Å². The maximum Gasteiger partial charge on any atom is 0.228 e. The van der Waals surface area contributed by atoms with Crippen molar-refractivity contribution in [1.29, 1.82) is 0 Å². The average Bonchev–Trinajstić information content (AvgIpc) is 3.43. The van der Waals surface area contributed by atoms with E-state index in [0.29, 0.717) is 16.8 Å². The fraction of sp³-hybridized carbons (Fsp3) is 0.500. The van der Waals surface area contributed by atoms with E-state index in [9.17, 15) is 4.79 Å². The zero-order valence-electron chi connectivity index (χ0n) is 18.8. The second kappa shape index (κ2) is 8.03. The van der Waals surface area contributed by atoms with Crippen LogP contribution in [0.2, 0.25) is 5.02 Å². The minimum atomic E-state index is -0.0436. The standard InChI is InChI=1S/C24H29ClN6O/c1-24(2)11-21-18(12-27-31(21)14-24)17-10-22(26-13-19(17)25)28-23(32)16-6-4-5-15(9-16)20-7-8-30(3)29-20/h7-8,10,12-13,15-16H,4-6,9,11,14H2,1-3H3,(H,26,28,32)/t15-,16?/m0/s1. The maximum absolute atomic E-state index is 13.1. The smallest absolute Gasteiger partial charge is 0.228 e. The van der Waals surface area contributed by atoms with Gasteiger partial charge in [0, 0.05) is 54.6 Å². The monoisotopic (exact) mass is 452 g/mol. The van der Waals surface area contributed by atoms with Crippen LogP contribution < -0.4 is 5.32 Å². The molecule has 1 N–H and O–H groups in total. The summed E-state index contributed by atoms with van der Waals surface area (Å²) in [5, 5.41) is 12.7. The quantitative estimate of drug-likeness (QED) is 0.615. The van der Waals surface area contributed by atoms with Crippen LogP contribution in [0, 0.1) is 11.3 Å². The Bertz CT molecular complexity index is 1160. The van der Waals surface area contributed by atoms with E-state index in [1.165, 1.54) is 5.69 Å². The summed E-state index contributed by atoms with van der Waals surface area (Å²) in [6.07, 6.45) is 10.2. The van der Waals surface area contributed by atoms with Crippen molar-refractivity contribution < 1.29 is 4.79 Å². The number of nitrogens with zero attached hydrogens (tertiary/aromatic N) is 5. The predicted octanol–water partition coefficient (Wildman–Crippen LogP) is 4.83. The number of carbonyl (C=O) groups excluding carboxylic acids is 1. The number of hydrogen-bond donors (Lipinski definition) is 1. The van der Waals surface area contributed by atoms with Crippen LogP contribution in [-0.4, -0.2) is 30.5 Å². The number of hydrogen-bond acceptors (Lipinski definition) is 4. The highest BCUT2D eigenvalue weighted by molar-refractivity contribution is 6.33. The van der Waals surface area contributed by atoms with E-state index in [4.69, 9.17) is 11.6 Å². The first-order chi connectivity index (χ1) is 15.3. The largest absolute Gasteiger partial charge is 0.310 e. The van der Waals surface area contributed by atoms with Crippen molar-refractivity contribution in [2.45, 2.75) is 58.4 Å². The molecule has 1 saturated carbocycles. The summed E-state index contributed by atoms with van der Waals surface area (Å²) in [7, 11) is 1.93. The lowest BCUT2D eigenvalue weighted by atomic mass is 9.79. The molecule has 2 aliphatic rings. The van der Waals surface area contributed by atoms with Gasteiger partial charge in [-0.3, -0.25) is 14.2 Å². The molecule has 168 valence electrons. The van der Waals surface area contributed by atoms with E-state index in [0.717, 1.165) is 55.5 Å². The molecule has 3 aromatic heterocycles. The van der Waals surface area contributed by atoms with Gasteiger partial charge in [0.2, 0.25) is 5.91 Å². The lowest BCUT2D eigenvalue weighted by molar-refractivity contribution is -0.121. The fourth-order valence-corrected chi connectivity index (χ4v) is 5.37. The van der Waals surface area contributed by atoms with E-state index < -0.39 is 0 Å². The molecule has 0 radical (unpaired) electrons. The number of nitrogens with one attached hydrogen (secondary N) is 1. The van der Waals surface area contributed by atoms with Crippen LogP contribution in [0.15, 0.2) is 30.7 Å². The SMILES string of the molecule is Cn1ccc([C@H]2CCCC(C(=O)Nc3cc(-c4cnn5c4CC(C)(C)C5)c(Cl)cn3)C2)n1. The maximum atomic E-state index is 13.1. The molecule has 32 heavy (non-hydrogen) atoms. The minimum Gasteiger partial charge on any atom is -0.310 e. The van der Waals surface area contributed by atoms with E-state index in [1.54, 1.807) is 6.20 Å². The van der Waals surface area contributed by atoms with Gasteiger partial charge in [-0.2, -0.15) is 10.2 Å². The summed E-state index contributed by atoms with van der Waals surface area (Å²) in [5.74, 6) is 0.838. The minimum absolute atomic E-state index is 0.0211. The number of aromatic nitrogens is 5. The highest BCUT2D eigenvalue weighted by atomic mass is 35.5. The molecular formula is C24H29ClN6O. The zero-order valence-corrected chi connectivity index (χ0v) is 19.6. The van der Waals surface area contributed by atoms with Crippen molar-refractivity contribution in [3.63, 3.8) is 0 Å². The van der Waals surface area contributed by atoms with Crippen molar-refractivity contribution in [3.8, 4) is 11.1 Å². The van der Waals surface area contributed by atoms with Gasteiger partial charge in [0.1, 0.15) is 5.82 Å². The molecule has 7 nitrogen and oxygen atoms in total. The van der Waals surface area contributed by atoms with Crippen LogP contribution in [0.5, 0.6) is 0 Å². The number of aryl methyl sites for hydroxylation is 1. The van der Waals surface area contributed by atoms with E-state index >= 15 is 0 Å². The molecule has 1 fully saturated rings. The first-order valence-corrected chi connectivity index (χ1v) is 11.7. The molecule has 8 heteroatoms. The topological polar surface area (TPSA) is 77.6 Å². The zero-order chi connectivity index (χ0) is 22.5. The number of rotatable bonds is 4. The van der Waals surface area contributed by atoms with E-state index in [2.05, 4.69) is 45.1 Å². The van der Waals surface area contributed by atoms with Gasteiger partial charge in [-0.05, 0) is 43.2 Å². The number of anilines is 1. The second-order valence-corrected chi connectivity index (χ2v) is 10.4. The van der Waals surface area contributed by atoms with Crippen LogP contribution in [0.4, 0.5) is 5.82 Å². The molecule has 0 bridgehead atoms. The van der Waals surface area contributed by atoms with Gasteiger partial charge in [0.05, 0.1) is 16.9 Å². The highest BCUT2D eigenvalue weighted by Gasteiger charge is 2.33. The first-order valence-electron chi connectivity index (χ1n) is 11.3. The number of pyridine rings is 1. The lowest BCUT2D eigenvalue weighted by Gasteiger charge is -2.27.